The summed E-state index contributed by atoms with van der Waals surface area (Å²) >= 11 is 0. The molecule has 0 fully saturated rings. The standard InChI is InChI=1S/C14H20N4O/c1-10(2)19-13-8-11(4-5-12(13)15)17-9-14-16-6-7-18(14)3/h4-8,10,17H,9,15H2,1-3H3. The molecule has 0 amide bonds. The van der Waals surface area contributed by atoms with E-state index in [1.165, 1.54) is 0 Å². The Morgan fingerprint density at radius 3 is 2.84 bits per heavy atom. The van der Waals surface area contributed by atoms with Crippen LogP contribution in [0, 0.1) is 0 Å². The van der Waals surface area contributed by atoms with Crippen LogP contribution in [0.4, 0.5) is 11.4 Å². The lowest BCUT2D eigenvalue weighted by Crippen LogP contribution is -2.09. The maximum atomic E-state index is 5.88. The van der Waals surface area contributed by atoms with Gasteiger partial charge in [0.05, 0.1) is 18.3 Å². The number of rotatable bonds is 5. The molecule has 0 saturated heterocycles. The van der Waals surface area contributed by atoms with E-state index in [0.29, 0.717) is 18.0 Å². The van der Waals surface area contributed by atoms with Gasteiger partial charge in [-0.2, -0.15) is 0 Å². The van der Waals surface area contributed by atoms with Crippen molar-refractivity contribution in [2.24, 2.45) is 7.05 Å². The summed E-state index contributed by atoms with van der Waals surface area (Å²) in [6.45, 7) is 4.62. The number of hydrogen-bond donors (Lipinski definition) is 2. The third-order valence-corrected chi connectivity index (χ3v) is 2.75. The Labute approximate surface area is 113 Å². The van der Waals surface area contributed by atoms with Crippen LogP contribution in [0.3, 0.4) is 0 Å². The first-order valence-electron chi connectivity index (χ1n) is 6.32. The maximum Gasteiger partial charge on any atom is 0.144 e. The van der Waals surface area contributed by atoms with Gasteiger partial charge in [-0.15, -0.1) is 0 Å². The molecule has 2 rings (SSSR count). The lowest BCUT2D eigenvalue weighted by molar-refractivity contribution is 0.244. The number of nitrogens with zero attached hydrogens (tertiary/aromatic N) is 2. The van der Waals surface area contributed by atoms with Crippen LogP contribution in [0.1, 0.15) is 19.7 Å². The lowest BCUT2D eigenvalue weighted by Gasteiger charge is -2.14. The molecule has 0 spiro atoms. The highest BCUT2D eigenvalue weighted by molar-refractivity contribution is 5.61. The third-order valence-electron chi connectivity index (χ3n) is 2.75. The van der Waals surface area contributed by atoms with Gasteiger partial charge in [0.25, 0.3) is 0 Å². The summed E-state index contributed by atoms with van der Waals surface area (Å²) in [5, 5.41) is 3.31. The maximum absolute atomic E-state index is 5.88. The van der Waals surface area contributed by atoms with Crippen molar-refractivity contribution in [1.82, 2.24) is 9.55 Å². The number of nitrogens with two attached hydrogens (primary N) is 1. The Morgan fingerprint density at radius 1 is 1.42 bits per heavy atom. The summed E-state index contributed by atoms with van der Waals surface area (Å²) in [6.07, 6.45) is 3.81. The van der Waals surface area contributed by atoms with Crippen LogP contribution < -0.4 is 15.8 Å². The number of anilines is 2. The minimum Gasteiger partial charge on any atom is -0.489 e. The van der Waals surface area contributed by atoms with E-state index in [4.69, 9.17) is 10.5 Å². The molecule has 0 bridgehead atoms. The van der Waals surface area contributed by atoms with Crippen LogP contribution in [-0.4, -0.2) is 15.7 Å². The van der Waals surface area contributed by atoms with E-state index < -0.39 is 0 Å². The zero-order chi connectivity index (χ0) is 13.8. The van der Waals surface area contributed by atoms with Crippen LogP contribution in [0.15, 0.2) is 30.6 Å². The van der Waals surface area contributed by atoms with Gasteiger partial charge < -0.3 is 20.4 Å². The second-order valence-corrected chi connectivity index (χ2v) is 4.73. The Kier molecular flexibility index (Phi) is 3.94. The lowest BCUT2D eigenvalue weighted by atomic mass is 10.2. The van der Waals surface area contributed by atoms with Crippen molar-refractivity contribution in [3.8, 4) is 5.75 Å². The van der Waals surface area contributed by atoms with E-state index in [-0.39, 0.29) is 6.10 Å². The first-order valence-corrected chi connectivity index (χ1v) is 6.32. The predicted octanol–water partition coefficient (Wildman–Crippen LogP) is 2.40. The largest absolute Gasteiger partial charge is 0.489 e. The molecule has 5 heteroatoms. The Balaban J connectivity index is 2.06. The summed E-state index contributed by atoms with van der Waals surface area (Å²) < 4.78 is 7.64. The van der Waals surface area contributed by atoms with Crippen molar-refractivity contribution in [3.05, 3.63) is 36.4 Å². The van der Waals surface area contributed by atoms with Crippen molar-refractivity contribution in [3.63, 3.8) is 0 Å². The highest BCUT2D eigenvalue weighted by Crippen LogP contribution is 2.26. The Bertz CT molecular complexity index is 548. The molecule has 0 unspecified atom stereocenters. The van der Waals surface area contributed by atoms with Crippen molar-refractivity contribution in [2.75, 3.05) is 11.1 Å². The van der Waals surface area contributed by atoms with Crippen molar-refractivity contribution < 1.29 is 4.74 Å². The molecule has 0 aliphatic carbocycles. The van der Waals surface area contributed by atoms with Gasteiger partial charge >= 0.3 is 0 Å². The van der Waals surface area contributed by atoms with Crippen molar-refractivity contribution in [1.29, 1.82) is 0 Å². The minimum absolute atomic E-state index is 0.104. The predicted molar refractivity (Wildman–Crippen MR) is 77.2 cm³/mol. The average Bonchev–Trinajstić information content (AvgIpc) is 2.75. The molecule has 0 aliphatic heterocycles. The van der Waals surface area contributed by atoms with E-state index in [1.54, 1.807) is 6.20 Å². The molecular weight excluding hydrogens is 240 g/mol. The fourth-order valence-electron chi connectivity index (χ4n) is 1.75. The minimum atomic E-state index is 0.104. The Hall–Kier alpha value is -2.17. The smallest absolute Gasteiger partial charge is 0.144 e. The molecule has 0 saturated carbocycles. The van der Waals surface area contributed by atoms with Crippen LogP contribution in [0.2, 0.25) is 0 Å². The van der Waals surface area contributed by atoms with E-state index in [0.717, 1.165) is 11.5 Å². The van der Waals surface area contributed by atoms with Gasteiger partial charge in [-0.3, -0.25) is 0 Å². The van der Waals surface area contributed by atoms with Gasteiger partial charge in [-0.05, 0) is 26.0 Å². The van der Waals surface area contributed by atoms with Gasteiger partial charge in [0.2, 0.25) is 0 Å². The highest BCUT2D eigenvalue weighted by atomic mass is 16.5. The van der Waals surface area contributed by atoms with E-state index >= 15 is 0 Å². The molecule has 19 heavy (non-hydrogen) atoms. The van der Waals surface area contributed by atoms with Gasteiger partial charge in [0, 0.05) is 31.2 Å². The SMILES string of the molecule is CC(C)Oc1cc(NCc2nccn2C)ccc1N. The number of nitrogen functional groups attached to an aromatic ring is 1. The van der Waals surface area contributed by atoms with Crippen LogP contribution >= 0.6 is 0 Å². The summed E-state index contributed by atoms with van der Waals surface area (Å²) in [7, 11) is 1.97. The summed E-state index contributed by atoms with van der Waals surface area (Å²) in [6, 6.07) is 5.70. The number of aryl methyl sites for hydroxylation is 1. The van der Waals surface area contributed by atoms with Crippen LogP contribution in [0.5, 0.6) is 5.75 Å². The van der Waals surface area contributed by atoms with Crippen LogP contribution in [-0.2, 0) is 13.6 Å². The normalized spacial score (nSPS) is 10.7. The van der Waals surface area contributed by atoms with Crippen molar-refractivity contribution >= 4 is 11.4 Å². The molecule has 1 heterocycles. The molecule has 1 aromatic heterocycles. The van der Waals surface area contributed by atoms with Gasteiger partial charge in [0.1, 0.15) is 11.6 Å². The first-order chi connectivity index (χ1) is 9.06. The molecule has 3 N–H and O–H groups in total. The Morgan fingerprint density at radius 2 is 2.21 bits per heavy atom. The molecule has 5 nitrogen and oxygen atoms in total. The number of ether oxygens (including phenoxy) is 1. The van der Waals surface area contributed by atoms with E-state index in [1.807, 2.05) is 49.9 Å². The number of nitrogens with one attached hydrogen (secondary N) is 1. The quantitative estimate of drug-likeness (QED) is 0.810. The summed E-state index contributed by atoms with van der Waals surface area (Å²) in [4.78, 5) is 4.26. The number of aromatic nitrogens is 2. The molecule has 102 valence electrons. The third kappa shape index (κ3) is 3.40. The molecular formula is C14H20N4O. The zero-order valence-corrected chi connectivity index (χ0v) is 11.6. The van der Waals surface area contributed by atoms with E-state index in [9.17, 15) is 0 Å². The number of imidazole rings is 1. The fraction of sp³-hybridized carbons (Fsp3) is 0.357. The monoisotopic (exact) mass is 260 g/mol. The zero-order valence-electron chi connectivity index (χ0n) is 11.6. The fourth-order valence-corrected chi connectivity index (χ4v) is 1.75. The summed E-state index contributed by atoms with van der Waals surface area (Å²) in [5.74, 6) is 1.68. The molecule has 1 aromatic carbocycles. The second kappa shape index (κ2) is 5.65. The van der Waals surface area contributed by atoms with Gasteiger partial charge in [0.15, 0.2) is 0 Å². The number of benzene rings is 1. The first kappa shape index (κ1) is 13.3. The molecule has 0 atom stereocenters. The van der Waals surface area contributed by atoms with Crippen molar-refractivity contribution in [2.45, 2.75) is 26.5 Å². The van der Waals surface area contributed by atoms with E-state index in [2.05, 4.69) is 10.3 Å². The average molecular weight is 260 g/mol. The molecule has 2 aromatic rings. The van der Waals surface area contributed by atoms with Gasteiger partial charge in [-0.25, -0.2) is 4.98 Å². The van der Waals surface area contributed by atoms with Crippen LogP contribution in [0.25, 0.3) is 0 Å². The summed E-state index contributed by atoms with van der Waals surface area (Å²) in [5.41, 5.74) is 7.50. The topological polar surface area (TPSA) is 65.1 Å². The highest BCUT2D eigenvalue weighted by Gasteiger charge is 2.05. The second-order valence-electron chi connectivity index (χ2n) is 4.73. The molecule has 0 aliphatic rings. The molecule has 0 radical (unpaired) electrons. The van der Waals surface area contributed by atoms with Gasteiger partial charge in [-0.1, -0.05) is 0 Å². The number of hydrogen-bond acceptors (Lipinski definition) is 4.